The van der Waals surface area contributed by atoms with Gasteiger partial charge in [0.1, 0.15) is 0 Å². The van der Waals surface area contributed by atoms with Crippen LogP contribution < -0.4 is 5.32 Å². The van der Waals surface area contributed by atoms with Crippen molar-refractivity contribution in [2.45, 2.75) is 24.8 Å². The van der Waals surface area contributed by atoms with Gasteiger partial charge >= 0.3 is 18.0 Å². The average molecular weight is 302 g/mol. The van der Waals surface area contributed by atoms with E-state index in [0.717, 1.165) is 6.42 Å². The van der Waals surface area contributed by atoms with E-state index in [1.807, 2.05) is 0 Å². The minimum Gasteiger partial charge on any atom is -0.478 e. The van der Waals surface area contributed by atoms with Gasteiger partial charge in [-0.25, -0.2) is 14.4 Å². The van der Waals surface area contributed by atoms with Crippen molar-refractivity contribution >= 4 is 18.0 Å². The topological polar surface area (TPSA) is 116 Å². The second-order valence-corrected chi connectivity index (χ2v) is 4.76. The Bertz CT molecular complexity index is 385. The Morgan fingerprint density at radius 2 is 1.67 bits per heavy atom. The molecule has 1 rings (SSSR count). The Morgan fingerprint density at radius 3 is 1.95 bits per heavy atom. The van der Waals surface area contributed by atoms with Crippen LogP contribution in [-0.4, -0.2) is 66.4 Å². The molecule has 1 aliphatic rings. The largest absolute Gasteiger partial charge is 0.478 e. The van der Waals surface area contributed by atoms with Gasteiger partial charge in [0.25, 0.3) is 0 Å². The van der Waals surface area contributed by atoms with Crippen molar-refractivity contribution in [1.29, 1.82) is 0 Å². The molecule has 0 radical (unpaired) electrons. The van der Waals surface area contributed by atoms with E-state index in [0.29, 0.717) is 24.3 Å². The third-order valence-corrected chi connectivity index (χ3v) is 3.15. The molecule has 3 N–H and O–H groups in total. The number of hydrogen-bond donors (Lipinski definition) is 3. The molecule has 0 saturated heterocycles. The average Bonchev–Trinajstić information content (AvgIpc) is 3.18. The summed E-state index contributed by atoms with van der Waals surface area (Å²) in [7, 11) is 5.72. The number of nitrogens with one attached hydrogen (secondary N) is 1. The highest BCUT2D eigenvalue weighted by Gasteiger charge is 2.44. The van der Waals surface area contributed by atoms with Crippen molar-refractivity contribution in [2.24, 2.45) is 0 Å². The van der Waals surface area contributed by atoms with Crippen molar-refractivity contribution in [3.63, 3.8) is 0 Å². The third-order valence-electron chi connectivity index (χ3n) is 3.15. The number of carbonyl (C=O) groups excluding carboxylic acids is 1. The molecule has 0 atom stereocenters. The zero-order valence-electron chi connectivity index (χ0n) is 12.5. The highest BCUT2D eigenvalue weighted by atomic mass is 16.5. The van der Waals surface area contributed by atoms with Crippen molar-refractivity contribution < 1.29 is 29.3 Å². The lowest BCUT2D eigenvalue weighted by Gasteiger charge is -2.23. The van der Waals surface area contributed by atoms with Crippen molar-refractivity contribution in [2.75, 3.05) is 27.7 Å². The molecule has 8 heteroatoms. The maximum Gasteiger partial charge on any atom is 0.406 e. The van der Waals surface area contributed by atoms with Crippen LogP contribution in [0.5, 0.6) is 0 Å². The maximum atomic E-state index is 10.7. The van der Waals surface area contributed by atoms with Gasteiger partial charge in [0.2, 0.25) is 0 Å². The van der Waals surface area contributed by atoms with Gasteiger partial charge in [-0.1, -0.05) is 0 Å². The van der Waals surface area contributed by atoms with E-state index in [9.17, 15) is 14.4 Å². The Labute approximate surface area is 123 Å². The zero-order valence-corrected chi connectivity index (χ0v) is 12.5. The molecule has 0 unspecified atom stereocenters. The van der Waals surface area contributed by atoms with Gasteiger partial charge in [-0.05, 0) is 26.9 Å². The third kappa shape index (κ3) is 8.64. The van der Waals surface area contributed by atoms with Crippen LogP contribution in [0.15, 0.2) is 12.2 Å². The number of amides is 1. The second-order valence-electron chi connectivity index (χ2n) is 4.76. The second kappa shape index (κ2) is 8.96. The fourth-order valence-corrected chi connectivity index (χ4v) is 1.61. The number of hydrogen-bond acceptors (Lipinski definition) is 5. The van der Waals surface area contributed by atoms with Gasteiger partial charge in [-0.15, -0.1) is 0 Å². The number of nitrogens with zero attached hydrogens (tertiary/aromatic N) is 1. The van der Waals surface area contributed by atoms with Gasteiger partial charge < -0.3 is 25.2 Å². The summed E-state index contributed by atoms with van der Waals surface area (Å²) >= 11 is 0. The lowest BCUT2D eigenvalue weighted by Crippen LogP contribution is -2.32. The number of carbonyl (C=O) groups is 3. The molecule has 21 heavy (non-hydrogen) atoms. The van der Waals surface area contributed by atoms with E-state index in [1.165, 1.54) is 12.8 Å². The summed E-state index contributed by atoms with van der Waals surface area (Å²) in [5, 5.41) is 18.1. The molecule has 8 nitrogen and oxygen atoms in total. The first-order valence-electron chi connectivity index (χ1n) is 6.39. The van der Waals surface area contributed by atoms with Crippen LogP contribution in [0.1, 0.15) is 19.3 Å². The van der Waals surface area contributed by atoms with Gasteiger partial charge in [0, 0.05) is 31.2 Å². The first-order chi connectivity index (χ1) is 9.73. The van der Waals surface area contributed by atoms with Gasteiger partial charge in [0.15, 0.2) is 0 Å². The zero-order chi connectivity index (χ0) is 16.5. The molecular weight excluding hydrogens is 280 g/mol. The quantitative estimate of drug-likeness (QED) is 0.613. The molecule has 1 amide bonds. The van der Waals surface area contributed by atoms with Gasteiger partial charge in [-0.3, -0.25) is 0 Å². The van der Waals surface area contributed by atoms with Crippen LogP contribution in [0.3, 0.4) is 0 Å². The molecule has 0 spiro atoms. The van der Waals surface area contributed by atoms with Gasteiger partial charge in [0.05, 0.1) is 6.61 Å². The predicted octanol–water partition coefficient (Wildman–Crippen LogP) is 0.538. The fraction of sp³-hybridized carbons (Fsp3) is 0.615. The summed E-state index contributed by atoms with van der Waals surface area (Å²) in [5.74, 6) is -2.51. The molecule has 1 aliphatic carbocycles. The molecule has 0 aliphatic heterocycles. The highest BCUT2D eigenvalue weighted by Crippen LogP contribution is 2.42. The SMILES string of the molecule is CNC(=O)OCCC1(N(C)C)CC1.O=C(O)/C=C/C(=O)O. The van der Waals surface area contributed by atoms with Gasteiger partial charge in [-0.2, -0.15) is 0 Å². The van der Waals surface area contributed by atoms with Crippen molar-refractivity contribution in [3.8, 4) is 0 Å². The molecule has 0 aromatic carbocycles. The van der Waals surface area contributed by atoms with Crippen molar-refractivity contribution in [1.82, 2.24) is 10.2 Å². The number of aliphatic carboxylic acids is 2. The summed E-state index contributed by atoms with van der Waals surface area (Å²) in [5.41, 5.74) is 0.314. The molecular formula is C13H22N2O6. The lowest BCUT2D eigenvalue weighted by molar-refractivity contribution is -0.134. The van der Waals surface area contributed by atoms with Crippen molar-refractivity contribution in [3.05, 3.63) is 12.2 Å². The van der Waals surface area contributed by atoms with E-state index >= 15 is 0 Å². The molecule has 0 aromatic rings. The Balaban J connectivity index is 0.000000433. The minimum absolute atomic E-state index is 0.314. The number of alkyl carbamates (subject to hydrolysis) is 1. The fourth-order valence-electron chi connectivity index (χ4n) is 1.61. The van der Waals surface area contributed by atoms with Crippen LogP contribution in [0, 0.1) is 0 Å². The predicted molar refractivity (Wildman–Crippen MR) is 75.1 cm³/mol. The summed E-state index contributed by atoms with van der Waals surface area (Å²) < 4.78 is 4.94. The molecule has 0 heterocycles. The minimum atomic E-state index is -1.26. The molecule has 120 valence electrons. The normalized spacial score (nSPS) is 15.0. The maximum absolute atomic E-state index is 10.7. The van der Waals surface area contributed by atoms with Crippen LogP contribution in [0.2, 0.25) is 0 Å². The monoisotopic (exact) mass is 302 g/mol. The number of carboxylic acid groups (broad SMARTS) is 2. The summed E-state index contributed by atoms with van der Waals surface area (Å²) in [6.45, 7) is 0.512. The standard InChI is InChI=1S/C9H18N2O2.C4H4O4/c1-10-8(12)13-7-6-9(4-5-9)11(2)3;5-3(6)1-2-4(7)8/h4-7H2,1-3H3,(H,10,12);1-2H,(H,5,6)(H,7,8)/b;2-1+. The van der Waals surface area contributed by atoms with Crippen LogP contribution >= 0.6 is 0 Å². The highest BCUT2D eigenvalue weighted by molar-refractivity contribution is 5.89. The van der Waals surface area contributed by atoms with Crippen LogP contribution in [-0.2, 0) is 14.3 Å². The van der Waals surface area contributed by atoms with E-state index in [2.05, 4.69) is 24.3 Å². The Morgan fingerprint density at radius 1 is 1.19 bits per heavy atom. The van der Waals surface area contributed by atoms with E-state index in [-0.39, 0.29) is 6.09 Å². The molecule has 0 aromatic heterocycles. The summed E-state index contributed by atoms with van der Waals surface area (Å²) in [6, 6.07) is 0. The number of carboxylic acids is 2. The first-order valence-corrected chi connectivity index (χ1v) is 6.39. The van der Waals surface area contributed by atoms with E-state index in [1.54, 1.807) is 7.05 Å². The summed E-state index contributed by atoms with van der Waals surface area (Å²) in [4.78, 5) is 32.1. The lowest BCUT2D eigenvalue weighted by atomic mass is 10.2. The smallest absolute Gasteiger partial charge is 0.406 e. The number of ether oxygens (including phenoxy) is 1. The summed E-state index contributed by atoms with van der Waals surface area (Å²) in [6.07, 6.45) is 4.15. The van der Waals surface area contributed by atoms with Crippen LogP contribution in [0.25, 0.3) is 0 Å². The molecule has 1 fully saturated rings. The van der Waals surface area contributed by atoms with E-state index < -0.39 is 11.9 Å². The Hall–Kier alpha value is -2.09. The molecule has 1 saturated carbocycles. The number of rotatable bonds is 6. The van der Waals surface area contributed by atoms with E-state index in [4.69, 9.17) is 14.9 Å². The Kier molecular flexibility index (Phi) is 8.07. The first kappa shape index (κ1) is 18.9. The van der Waals surface area contributed by atoms with Crippen LogP contribution in [0.4, 0.5) is 4.79 Å². The molecule has 0 bridgehead atoms.